The number of hydrogen-bond acceptors (Lipinski definition) is 3. The smallest absolute Gasteiger partial charge is 0.203 e. The predicted octanol–water partition coefficient (Wildman–Crippen LogP) is 2.83. The average molecular weight is 251 g/mol. The van der Waals surface area contributed by atoms with E-state index in [1.54, 1.807) is 7.11 Å². The van der Waals surface area contributed by atoms with E-state index in [1.807, 2.05) is 0 Å². The van der Waals surface area contributed by atoms with Gasteiger partial charge >= 0.3 is 0 Å². The Morgan fingerprint density at radius 2 is 2.22 bits per heavy atom. The Balaban J connectivity index is 1.99. The van der Waals surface area contributed by atoms with Crippen molar-refractivity contribution in [3.05, 3.63) is 11.9 Å². The highest BCUT2D eigenvalue weighted by atomic mass is 16.5. The third-order valence-corrected chi connectivity index (χ3v) is 3.54. The first-order valence-corrected chi connectivity index (χ1v) is 6.98. The molecule has 1 aliphatic carbocycles. The largest absolute Gasteiger partial charge is 0.384 e. The summed E-state index contributed by atoms with van der Waals surface area (Å²) < 4.78 is 7.44. The minimum atomic E-state index is 0.507. The molecular formula is C14H25N3O. The van der Waals surface area contributed by atoms with Crippen molar-refractivity contribution in [1.82, 2.24) is 9.55 Å². The van der Waals surface area contributed by atoms with Gasteiger partial charge in [-0.3, -0.25) is 0 Å². The molecule has 0 radical (unpaired) electrons. The molecule has 1 aromatic heterocycles. The second kappa shape index (κ2) is 6.23. The highest BCUT2D eigenvalue weighted by Gasteiger charge is 2.17. The van der Waals surface area contributed by atoms with Crippen LogP contribution in [0, 0.1) is 12.8 Å². The fourth-order valence-electron chi connectivity index (χ4n) is 2.73. The maximum atomic E-state index is 5.20. The summed E-state index contributed by atoms with van der Waals surface area (Å²) >= 11 is 0. The van der Waals surface area contributed by atoms with Crippen molar-refractivity contribution in [2.75, 3.05) is 19.0 Å². The first-order chi connectivity index (χ1) is 8.69. The zero-order valence-electron chi connectivity index (χ0n) is 11.8. The van der Waals surface area contributed by atoms with E-state index in [-0.39, 0.29) is 0 Å². The Morgan fingerprint density at radius 3 is 2.89 bits per heavy atom. The van der Waals surface area contributed by atoms with Crippen molar-refractivity contribution in [2.24, 2.45) is 5.92 Å². The van der Waals surface area contributed by atoms with Gasteiger partial charge in [0.15, 0.2) is 0 Å². The first-order valence-electron chi connectivity index (χ1n) is 6.98. The molecule has 0 saturated heterocycles. The van der Waals surface area contributed by atoms with Crippen LogP contribution < -0.4 is 5.32 Å². The number of ether oxygens (including phenoxy) is 1. The van der Waals surface area contributed by atoms with Crippen LogP contribution in [0.1, 0.15) is 38.3 Å². The Hall–Kier alpha value is -1.03. The summed E-state index contributed by atoms with van der Waals surface area (Å²) in [6.45, 7) is 6.01. The molecule has 102 valence electrons. The number of imidazole rings is 1. The van der Waals surface area contributed by atoms with Crippen LogP contribution in [0.15, 0.2) is 6.20 Å². The monoisotopic (exact) mass is 251 g/mol. The van der Waals surface area contributed by atoms with Gasteiger partial charge in [-0.15, -0.1) is 0 Å². The maximum absolute atomic E-state index is 5.20. The van der Waals surface area contributed by atoms with Crippen LogP contribution in [0.4, 0.5) is 5.95 Å². The zero-order valence-corrected chi connectivity index (χ0v) is 11.8. The highest BCUT2D eigenvalue weighted by Crippen LogP contribution is 2.22. The van der Waals surface area contributed by atoms with E-state index >= 15 is 0 Å². The number of hydrogen-bond donors (Lipinski definition) is 1. The molecule has 1 saturated carbocycles. The summed E-state index contributed by atoms with van der Waals surface area (Å²) in [6, 6.07) is 0.614. The summed E-state index contributed by atoms with van der Waals surface area (Å²) in [6.07, 6.45) is 7.37. The van der Waals surface area contributed by atoms with Crippen LogP contribution in [-0.4, -0.2) is 29.3 Å². The maximum Gasteiger partial charge on any atom is 0.203 e. The standard InChI is InChI=1S/C14H25N3O/c1-11(10-18-3)8-17-9-12(2)15-14(17)16-13-6-4-5-7-13/h9,11,13H,4-8,10H2,1-3H3,(H,15,16). The Kier molecular flexibility index (Phi) is 4.64. The molecule has 1 N–H and O–H groups in total. The SMILES string of the molecule is COCC(C)Cn1cc(C)nc1NC1CCCC1. The van der Waals surface area contributed by atoms with Gasteiger partial charge in [0.2, 0.25) is 5.95 Å². The molecule has 0 aromatic carbocycles. The van der Waals surface area contributed by atoms with Gasteiger partial charge in [0, 0.05) is 25.9 Å². The minimum Gasteiger partial charge on any atom is -0.384 e. The van der Waals surface area contributed by atoms with Gasteiger partial charge in [-0.1, -0.05) is 19.8 Å². The average Bonchev–Trinajstić information content (AvgIpc) is 2.90. The normalized spacial score (nSPS) is 18.2. The van der Waals surface area contributed by atoms with Crippen LogP contribution in [0.5, 0.6) is 0 Å². The van der Waals surface area contributed by atoms with Crippen molar-refractivity contribution >= 4 is 5.95 Å². The molecule has 4 heteroatoms. The number of rotatable bonds is 6. The van der Waals surface area contributed by atoms with Crippen molar-refractivity contribution in [3.8, 4) is 0 Å². The first kappa shape index (κ1) is 13.4. The summed E-state index contributed by atoms with van der Waals surface area (Å²) in [7, 11) is 1.76. The molecule has 1 aromatic rings. The Morgan fingerprint density at radius 1 is 1.50 bits per heavy atom. The lowest BCUT2D eigenvalue weighted by atomic mass is 10.2. The molecule has 0 aliphatic heterocycles. The molecule has 1 fully saturated rings. The number of methoxy groups -OCH3 is 1. The molecule has 4 nitrogen and oxygen atoms in total. The number of anilines is 1. The van der Waals surface area contributed by atoms with E-state index in [2.05, 4.69) is 34.9 Å². The second-order valence-electron chi connectivity index (χ2n) is 5.54. The molecule has 0 amide bonds. The Labute approximate surface area is 110 Å². The lowest BCUT2D eigenvalue weighted by Crippen LogP contribution is -2.20. The summed E-state index contributed by atoms with van der Waals surface area (Å²) in [4.78, 5) is 4.60. The lowest BCUT2D eigenvalue weighted by Gasteiger charge is -2.17. The molecule has 2 rings (SSSR count). The summed E-state index contributed by atoms with van der Waals surface area (Å²) in [5.41, 5.74) is 1.08. The van der Waals surface area contributed by atoms with Gasteiger partial charge < -0.3 is 14.6 Å². The third-order valence-electron chi connectivity index (χ3n) is 3.54. The zero-order chi connectivity index (χ0) is 13.0. The number of aromatic nitrogens is 2. The van der Waals surface area contributed by atoms with Crippen LogP contribution in [0.25, 0.3) is 0 Å². The molecule has 0 bridgehead atoms. The predicted molar refractivity (Wildman–Crippen MR) is 73.9 cm³/mol. The number of nitrogens with zero attached hydrogens (tertiary/aromatic N) is 2. The van der Waals surface area contributed by atoms with Crippen LogP contribution in [-0.2, 0) is 11.3 Å². The number of aryl methyl sites for hydroxylation is 1. The molecule has 18 heavy (non-hydrogen) atoms. The summed E-state index contributed by atoms with van der Waals surface area (Å²) in [5, 5.41) is 3.59. The van der Waals surface area contributed by atoms with Gasteiger partial charge in [0.1, 0.15) is 0 Å². The Bertz CT molecular complexity index is 369. The van der Waals surface area contributed by atoms with Gasteiger partial charge in [-0.25, -0.2) is 4.98 Å². The van der Waals surface area contributed by atoms with Crippen molar-refractivity contribution in [1.29, 1.82) is 0 Å². The van der Waals surface area contributed by atoms with Gasteiger partial charge in [0.25, 0.3) is 0 Å². The molecular weight excluding hydrogens is 226 g/mol. The van der Waals surface area contributed by atoms with Gasteiger partial charge in [-0.05, 0) is 25.7 Å². The van der Waals surface area contributed by atoms with Gasteiger partial charge in [-0.2, -0.15) is 0 Å². The van der Waals surface area contributed by atoms with Crippen molar-refractivity contribution in [2.45, 2.75) is 52.1 Å². The molecule has 0 spiro atoms. The van der Waals surface area contributed by atoms with E-state index in [0.29, 0.717) is 12.0 Å². The van der Waals surface area contributed by atoms with E-state index in [0.717, 1.165) is 24.8 Å². The van der Waals surface area contributed by atoms with Crippen molar-refractivity contribution in [3.63, 3.8) is 0 Å². The van der Waals surface area contributed by atoms with Crippen molar-refractivity contribution < 1.29 is 4.74 Å². The van der Waals surface area contributed by atoms with E-state index in [1.165, 1.54) is 25.7 Å². The fourth-order valence-corrected chi connectivity index (χ4v) is 2.73. The fraction of sp³-hybridized carbons (Fsp3) is 0.786. The molecule has 1 aliphatic rings. The van der Waals surface area contributed by atoms with Crippen LogP contribution in [0.3, 0.4) is 0 Å². The second-order valence-corrected chi connectivity index (χ2v) is 5.54. The quantitative estimate of drug-likeness (QED) is 0.845. The van der Waals surface area contributed by atoms with Gasteiger partial charge in [0.05, 0.1) is 12.3 Å². The molecule has 1 heterocycles. The lowest BCUT2D eigenvalue weighted by molar-refractivity contribution is 0.151. The topological polar surface area (TPSA) is 39.1 Å². The molecule has 1 unspecified atom stereocenters. The van der Waals surface area contributed by atoms with E-state index < -0.39 is 0 Å². The minimum absolute atomic E-state index is 0.507. The van der Waals surface area contributed by atoms with Crippen LogP contribution >= 0.6 is 0 Å². The van der Waals surface area contributed by atoms with E-state index in [4.69, 9.17) is 4.74 Å². The number of nitrogens with one attached hydrogen (secondary N) is 1. The highest BCUT2D eigenvalue weighted by molar-refractivity contribution is 5.30. The van der Waals surface area contributed by atoms with Crippen LogP contribution in [0.2, 0.25) is 0 Å². The summed E-state index contributed by atoms with van der Waals surface area (Å²) in [5.74, 6) is 1.54. The third kappa shape index (κ3) is 3.48. The van der Waals surface area contributed by atoms with E-state index in [9.17, 15) is 0 Å². The molecule has 1 atom stereocenters.